The molecule has 2 aromatic rings. The average Bonchev–Trinajstić information content (AvgIpc) is 3.02. The minimum absolute atomic E-state index is 0.0406. The molecular weight excluding hydrogens is 348 g/mol. The number of aromatic nitrogens is 2. The molecule has 0 aliphatic carbocycles. The van der Waals surface area contributed by atoms with Crippen LogP contribution >= 0.6 is 11.6 Å². The van der Waals surface area contributed by atoms with Crippen LogP contribution in [0.3, 0.4) is 0 Å². The van der Waals surface area contributed by atoms with Crippen LogP contribution in [0.4, 0.5) is 5.69 Å². The van der Waals surface area contributed by atoms with Crippen molar-refractivity contribution in [3.8, 4) is 0 Å². The van der Waals surface area contributed by atoms with Gasteiger partial charge in [-0.1, -0.05) is 39.3 Å². The fourth-order valence-electron chi connectivity index (χ4n) is 3.51. The number of hydrogen-bond donors (Lipinski definition) is 1. The Morgan fingerprint density at radius 2 is 2.08 bits per heavy atom. The van der Waals surface area contributed by atoms with Crippen LogP contribution < -0.4 is 4.90 Å². The van der Waals surface area contributed by atoms with Crippen LogP contribution in [0.2, 0.25) is 5.02 Å². The lowest BCUT2D eigenvalue weighted by Gasteiger charge is -2.41. The first-order valence-electron chi connectivity index (χ1n) is 9.50. The van der Waals surface area contributed by atoms with E-state index in [1.165, 1.54) is 0 Å². The predicted octanol–water partition coefficient (Wildman–Crippen LogP) is 4.37. The Kier molecular flexibility index (Phi) is 5.31. The minimum atomic E-state index is -0.425. The van der Waals surface area contributed by atoms with E-state index in [0.29, 0.717) is 16.9 Å². The predicted molar refractivity (Wildman–Crippen MR) is 108 cm³/mol. The third-order valence-corrected chi connectivity index (χ3v) is 6.04. The van der Waals surface area contributed by atoms with Gasteiger partial charge >= 0.3 is 0 Å². The highest BCUT2D eigenvalue weighted by Gasteiger charge is 2.30. The summed E-state index contributed by atoms with van der Waals surface area (Å²) < 4.78 is 0. The van der Waals surface area contributed by atoms with Crippen molar-refractivity contribution in [2.45, 2.75) is 47.1 Å². The normalized spacial score (nSPS) is 19.3. The van der Waals surface area contributed by atoms with E-state index in [1.807, 2.05) is 32.9 Å². The van der Waals surface area contributed by atoms with Crippen molar-refractivity contribution in [3.05, 3.63) is 23.0 Å². The van der Waals surface area contributed by atoms with Crippen molar-refractivity contribution in [3.63, 3.8) is 0 Å². The molecule has 0 spiro atoms. The molecular formula is C20H29ClN4O. The molecule has 0 radical (unpaired) electrons. The molecule has 0 unspecified atom stereocenters. The lowest BCUT2D eigenvalue weighted by atomic mass is 9.85. The number of imidazole rings is 1. The van der Waals surface area contributed by atoms with E-state index in [4.69, 9.17) is 11.6 Å². The van der Waals surface area contributed by atoms with Gasteiger partial charge in [-0.05, 0) is 32.0 Å². The number of carbonyl (C=O) groups excluding carboxylic acids is 1. The number of nitrogens with zero attached hydrogens (tertiary/aromatic N) is 3. The molecule has 0 bridgehead atoms. The fraction of sp³-hybridized carbons (Fsp3) is 0.600. The van der Waals surface area contributed by atoms with Crippen LogP contribution in [-0.2, 0) is 0 Å². The molecule has 1 aliphatic rings. The summed E-state index contributed by atoms with van der Waals surface area (Å²) in [6, 6.07) is 4.30. The Balaban J connectivity index is 1.94. The third-order valence-electron chi connectivity index (χ3n) is 5.73. The van der Waals surface area contributed by atoms with Gasteiger partial charge in [-0.15, -0.1) is 0 Å². The summed E-state index contributed by atoms with van der Waals surface area (Å²) in [5, 5.41) is 0.701. The molecule has 26 heavy (non-hydrogen) atoms. The van der Waals surface area contributed by atoms with Crippen molar-refractivity contribution in [2.24, 2.45) is 5.41 Å². The number of ketones is 1. The molecule has 1 atom stereocenters. The van der Waals surface area contributed by atoms with Crippen LogP contribution in [0.15, 0.2) is 12.1 Å². The molecule has 0 saturated carbocycles. The maximum Gasteiger partial charge on any atom is 0.203 e. The van der Waals surface area contributed by atoms with Crippen molar-refractivity contribution in [1.29, 1.82) is 0 Å². The van der Waals surface area contributed by atoms with E-state index in [-0.39, 0.29) is 5.78 Å². The van der Waals surface area contributed by atoms with E-state index >= 15 is 0 Å². The Hall–Kier alpha value is -1.59. The van der Waals surface area contributed by atoms with E-state index in [2.05, 4.69) is 33.6 Å². The molecule has 1 aliphatic heterocycles. The monoisotopic (exact) mass is 376 g/mol. The van der Waals surface area contributed by atoms with Gasteiger partial charge in [0.2, 0.25) is 5.78 Å². The number of halogens is 1. The quantitative estimate of drug-likeness (QED) is 0.787. The standard InChI is InChI=1S/C20H29ClN4O/c1-6-20(4,5)18(26)19-22-15-10-14(21)17(11-16(15)23-19)25-9-8-24(7-2)12-13(25)3/h10-11,13H,6-9,12H2,1-5H3,(H,22,23)/t13-/m1/s1. The third kappa shape index (κ3) is 3.47. The van der Waals surface area contributed by atoms with Crippen LogP contribution in [0.5, 0.6) is 0 Å². The summed E-state index contributed by atoms with van der Waals surface area (Å²) in [6.07, 6.45) is 0.772. The first-order chi connectivity index (χ1) is 12.3. The lowest BCUT2D eigenvalue weighted by Crippen LogP contribution is -2.51. The molecule has 1 fully saturated rings. The Morgan fingerprint density at radius 3 is 2.69 bits per heavy atom. The maximum absolute atomic E-state index is 12.7. The Bertz CT molecular complexity index is 813. The van der Waals surface area contributed by atoms with Gasteiger partial charge in [-0.3, -0.25) is 9.69 Å². The molecule has 3 rings (SSSR count). The van der Waals surface area contributed by atoms with Gasteiger partial charge in [0.25, 0.3) is 0 Å². The summed E-state index contributed by atoms with van der Waals surface area (Å²) in [7, 11) is 0. The molecule has 1 saturated heterocycles. The molecule has 1 aromatic heterocycles. The zero-order valence-electron chi connectivity index (χ0n) is 16.4. The van der Waals surface area contributed by atoms with E-state index < -0.39 is 5.41 Å². The first kappa shape index (κ1) is 19.2. The summed E-state index contributed by atoms with van der Waals surface area (Å²) in [4.78, 5) is 25.3. The number of fused-ring (bicyclic) bond motifs is 1. The second kappa shape index (κ2) is 7.20. The number of nitrogens with one attached hydrogen (secondary N) is 1. The van der Waals surface area contributed by atoms with Gasteiger partial charge < -0.3 is 9.88 Å². The number of Topliss-reactive ketones (excluding diaryl/α,β-unsaturated/α-hetero) is 1. The highest BCUT2D eigenvalue weighted by atomic mass is 35.5. The van der Waals surface area contributed by atoms with Gasteiger partial charge in [0, 0.05) is 31.1 Å². The summed E-state index contributed by atoms with van der Waals surface area (Å²) in [5.41, 5.74) is 2.19. The fourth-order valence-corrected chi connectivity index (χ4v) is 3.78. The first-order valence-corrected chi connectivity index (χ1v) is 9.87. The van der Waals surface area contributed by atoms with Crippen molar-refractivity contribution in [2.75, 3.05) is 31.1 Å². The molecule has 1 N–H and O–H groups in total. The van der Waals surface area contributed by atoms with E-state index in [9.17, 15) is 4.79 Å². The maximum atomic E-state index is 12.7. The van der Waals surface area contributed by atoms with Crippen LogP contribution in [0.1, 0.15) is 51.7 Å². The number of carbonyl (C=O) groups is 1. The van der Waals surface area contributed by atoms with Gasteiger partial charge in [-0.25, -0.2) is 4.98 Å². The van der Waals surface area contributed by atoms with Gasteiger partial charge in [0.15, 0.2) is 5.82 Å². The molecule has 2 heterocycles. The van der Waals surface area contributed by atoms with Crippen molar-refractivity contribution >= 4 is 34.1 Å². The second-order valence-electron chi connectivity index (χ2n) is 7.91. The highest BCUT2D eigenvalue weighted by molar-refractivity contribution is 6.34. The summed E-state index contributed by atoms with van der Waals surface area (Å²) in [5.74, 6) is 0.461. The molecule has 0 amide bonds. The molecule has 5 nitrogen and oxygen atoms in total. The van der Waals surface area contributed by atoms with E-state index in [1.54, 1.807) is 0 Å². The SMILES string of the molecule is CCN1CCN(c2cc3nc(C(=O)C(C)(C)CC)[nH]c3cc2Cl)[C@H](C)C1. The van der Waals surface area contributed by atoms with Gasteiger partial charge in [-0.2, -0.15) is 0 Å². The van der Waals surface area contributed by atoms with Gasteiger partial charge in [0.05, 0.1) is 21.7 Å². The van der Waals surface area contributed by atoms with Crippen molar-refractivity contribution in [1.82, 2.24) is 14.9 Å². The zero-order valence-corrected chi connectivity index (χ0v) is 17.2. The molecule has 1 aromatic carbocycles. The largest absolute Gasteiger partial charge is 0.365 e. The van der Waals surface area contributed by atoms with E-state index in [0.717, 1.165) is 49.3 Å². The number of aromatic amines is 1. The number of likely N-dealkylation sites (N-methyl/N-ethyl adjacent to an activating group) is 1. The average molecular weight is 377 g/mol. The van der Waals surface area contributed by atoms with Crippen LogP contribution in [0, 0.1) is 5.41 Å². The summed E-state index contributed by atoms with van der Waals surface area (Å²) in [6.45, 7) is 14.4. The number of piperazine rings is 1. The summed E-state index contributed by atoms with van der Waals surface area (Å²) >= 11 is 6.59. The minimum Gasteiger partial charge on any atom is -0.365 e. The molecule has 6 heteroatoms. The highest BCUT2D eigenvalue weighted by Crippen LogP contribution is 2.33. The smallest absolute Gasteiger partial charge is 0.203 e. The van der Waals surface area contributed by atoms with Crippen molar-refractivity contribution < 1.29 is 4.79 Å². The number of rotatable bonds is 5. The number of hydrogen-bond acceptors (Lipinski definition) is 4. The second-order valence-corrected chi connectivity index (χ2v) is 8.32. The van der Waals surface area contributed by atoms with Gasteiger partial charge in [0.1, 0.15) is 0 Å². The van der Waals surface area contributed by atoms with Crippen LogP contribution in [0.25, 0.3) is 11.0 Å². The number of benzene rings is 1. The topological polar surface area (TPSA) is 52.2 Å². The number of anilines is 1. The number of H-pyrrole nitrogens is 1. The Labute approximate surface area is 160 Å². The zero-order chi connectivity index (χ0) is 19.1. The lowest BCUT2D eigenvalue weighted by molar-refractivity contribution is 0.0823. The molecule has 142 valence electrons. The Morgan fingerprint density at radius 1 is 1.35 bits per heavy atom. The van der Waals surface area contributed by atoms with Crippen LogP contribution in [-0.4, -0.2) is 52.9 Å².